The Morgan fingerprint density at radius 2 is 1.78 bits per heavy atom. The molecule has 0 saturated carbocycles. The number of aromatic nitrogens is 2. The highest BCUT2D eigenvalue weighted by Gasteiger charge is 2.05. The maximum Gasteiger partial charge on any atom is 0.243 e. The molecule has 2 rings (SSSR count). The number of hydrogen-bond donors (Lipinski definition) is 1. The predicted molar refractivity (Wildman–Crippen MR) is 97.1 cm³/mol. The molecule has 2 aromatic rings. The van der Waals surface area contributed by atoms with Crippen molar-refractivity contribution in [1.82, 2.24) is 9.97 Å². The molecule has 23 heavy (non-hydrogen) atoms. The molecule has 0 aliphatic rings. The van der Waals surface area contributed by atoms with E-state index < -0.39 is 0 Å². The van der Waals surface area contributed by atoms with Gasteiger partial charge in [-0.3, -0.25) is 0 Å². The fourth-order valence-corrected chi connectivity index (χ4v) is 2.54. The van der Waals surface area contributed by atoms with E-state index in [0.29, 0.717) is 5.95 Å². The molecule has 0 bridgehead atoms. The molecule has 1 aromatic heterocycles. The Kier molecular flexibility index (Phi) is 6.27. The van der Waals surface area contributed by atoms with Crippen molar-refractivity contribution >= 4 is 11.7 Å². The molecule has 4 heteroatoms. The number of hydrazone groups is 1. The van der Waals surface area contributed by atoms with Crippen LogP contribution in [0.15, 0.2) is 35.4 Å². The summed E-state index contributed by atoms with van der Waals surface area (Å²) < 4.78 is 0. The zero-order chi connectivity index (χ0) is 16.7. The number of benzene rings is 1. The highest BCUT2D eigenvalue weighted by molar-refractivity contribution is 6.00. The Morgan fingerprint density at radius 1 is 1.04 bits per heavy atom. The first-order valence-corrected chi connectivity index (χ1v) is 8.43. The van der Waals surface area contributed by atoms with Gasteiger partial charge in [-0.15, -0.1) is 0 Å². The first-order chi connectivity index (χ1) is 11.2. The summed E-state index contributed by atoms with van der Waals surface area (Å²) in [6.07, 6.45) is 3.93. The molecule has 122 valence electrons. The molecule has 0 aliphatic heterocycles. The highest BCUT2D eigenvalue weighted by Crippen LogP contribution is 2.12. The maximum absolute atomic E-state index is 4.55. The standard InChI is InChI=1S/C19H26N4/c1-5-10-17-13-16(7-3)20-19(21-17)23-22-14(4)18-12-9-8-11-15(18)6-2/h8-9,11-13H,5-7,10H2,1-4H3,(H,20,21,23). The SMILES string of the molecule is CCCc1cc(CC)nc(NN=C(C)c2ccccc2CC)n1. The molecule has 0 radical (unpaired) electrons. The summed E-state index contributed by atoms with van der Waals surface area (Å²) in [5.74, 6) is 0.584. The molecule has 0 unspecified atom stereocenters. The highest BCUT2D eigenvalue weighted by atomic mass is 15.4. The minimum absolute atomic E-state index is 0.584. The first-order valence-electron chi connectivity index (χ1n) is 8.43. The third-order valence-electron chi connectivity index (χ3n) is 3.81. The lowest BCUT2D eigenvalue weighted by Crippen LogP contribution is -2.07. The van der Waals surface area contributed by atoms with Crippen molar-refractivity contribution in [3.8, 4) is 0 Å². The van der Waals surface area contributed by atoms with Crippen molar-refractivity contribution in [2.45, 2.75) is 53.4 Å². The normalized spacial score (nSPS) is 11.6. The minimum Gasteiger partial charge on any atom is -0.245 e. The second-order valence-corrected chi connectivity index (χ2v) is 5.60. The third-order valence-corrected chi connectivity index (χ3v) is 3.81. The van der Waals surface area contributed by atoms with Gasteiger partial charge in [-0.25, -0.2) is 15.4 Å². The van der Waals surface area contributed by atoms with Gasteiger partial charge in [0.2, 0.25) is 5.95 Å². The van der Waals surface area contributed by atoms with Gasteiger partial charge in [-0.1, -0.05) is 51.5 Å². The third kappa shape index (κ3) is 4.62. The molecule has 0 fully saturated rings. The number of hydrogen-bond acceptors (Lipinski definition) is 4. The van der Waals surface area contributed by atoms with E-state index in [0.717, 1.165) is 42.8 Å². The number of nitrogens with one attached hydrogen (secondary N) is 1. The van der Waals surface area contributed by atoms with E-state index in [1.54, 1.807) is 0 Å². The van der Waals surface area contributed by atoms with Crippen LogP contribution in [0.1, 0.15) is 56.6 Å². The van der Waals surface area contributed by atoms with Gasteiger partial charge in [0.1, 0.15) is 0 Å². The van der Waals surface area contributed by atoms with Crippen molar-refractivity contribution in [3.05, 3.63) is 52.8 Å². The van der Waals surface area contributed by atoms with Gasteiger partial charge in [0, 0.05) is 17.0 Å². The van der Waals surface area contributed by atoms with E-state index in [9.17, 15) is 0 Å². The van der Waals surface area contributed by atoms with E-state index in [4.69, 9.17) is 0 Å². The molecule has 0 amide bonds. The summed E-state index contributed by atoms with van der Waals surface area (Å²) in [5, 5.41) is 4.49. The zero-order valence-corrected chi connectivity index (χ0v) is 14.6. The Bertz CT molecular complexity index is 677. The molecular formula is C19H26N4. The van der Waals surface area contributed by atoms with E-state index >= 15 is 0 Å². The van der Waals surface area contributed by atoms with Crippen molar-refractivity contribution < 1.29 is 0 Å². The van der Waals surface area contributed by atoms with Crippen LogP contribution in [0.4, 0.5) is 5.95 Å². The molecular weight excluding hydrogens is 284 g/mol. The number of anilines is 1. The average Bonchev–Trinajstić information content (AvgIpc) is 2.59. The van der Waals surface area contributed by atoms with E-state index in [1.165, 1.54) is 11.1 Å². The molecule has 1 N–H and O–H groups in total. The Labute approximate surface area is 139 Å². The fraction of sp³-hybridized carbons (Fsp3) is 0.421. The second-order valence-electron chi connectivity index (χ2n) is 5.60. The lowest BCUT2D eigenvalue weighted by molar-refractivity contribution is 0.856. The summed E-state index contributed by atoms with van der Waals surface area (Å²) in [7, 11) is 0. The van der Waals surface area contributed by atoms with E-state index in [2.05, 4.69) is 65.5 Å². The average molecular weight is 310 g/mol. The van der Waals surface area contributed by atoms with Crippen LogP contribution in [0.2, 0.25) is 0 Å². The van der Waals surface area contributed by atoms with Gasteiger partial charge in [-0.2, -0.15) is 5.10 Å². The van der Waals surface area contributed by atoms with Gasteiger partial charge < -0.3 is 0 Å². The van der Waals surface area contributed by atoms with Crippen LogP contribution in [0.25, 0.3) is 0 Å². The topological polar surface area (TPSA) is 50.2 Å². The summed E-state index contributed by atoms with van der Waals surface area (Å²) in [4.78, 5) is 9.06. The van der Waals surface area contributed by atoms with E-state index in [1.807, 2.05) is 13.0 Å². The van der Waals surface area contributed by atoms with Gasteiger partial charge >= 0.3 is 0 Å². The van der Waals surface area contributed by atoms with Gasteiger partial charge in [-0.05, 0) is 37.8 Å². The van der Waals surface area contributed by atoms with Crippen LogP contribution >= 0.6 is 0 Å². The lowest BCUT2D eigenvalue weighted by Gasteiger charge is -2.09. The Morgan fingerprint density at radius 3 is 2.48 bits per heavy atom. The number of aryl methyl sites for hydroxylation is 3. The number of rotatable bonds is 7. The molecule has 1 heterocycles. The fourth-order valence-electron chi connectivity index (χ4n) is 2.54. The Hall–Kier alpha value is -2.23. The Balaban J connectivity index is 2.23. The summed E-state index contributed by atoms with van der Waals surface area (Å²) >= 11 is 0. The van der Waals surface area contributed by atoms with Crippen LogP contribution in [-0.4, -0.2) is 15.7 Å². The number of nitrogens with zero attached hydrogens (tertiary/aromatic N) is 3. The zero-order valence-electron chi connectivity index (χ0n) is 14.6. The first kappa shape index (κ1) is 17.1. The van der Waals surface area contributed by atoms with Crippen LogP contribution in [-0.2, 0) is 19.3 Å². The van der Waals surface area contributed by atoms with Crippen LogP contribution < -0.4 is 5.43 Å². The van der Waals surface area contributed by atoms with Crippen molar-refractivity contribution in [1.29, 1.82) is 0 Å². The van der Waals surface area contributed by atoms with Crippen molar-refractivity contribution in [2.24, 2.45) is 5.10 Å². The smallest absolute Gasteiger partial charge is 0.243 e. The molecule has 0 aliphatic carbocycles. The monoisotopic (exact) mass is 310 g/mol. The van der Waals surface area contributed by atoms with E-state index in [-0.39, 0.29) is 0 Å². The summed E-state index contributed by atoms with van der Waals surface area (Å²) in [6, 6.07) is 10.4. The van der Waals surface area contributed by atoms with Gasteiger partial charge in [0.25, 0.3) is 0 Å². The second kappa shape index (κ2) is 8.42. The van der Waals surface area contributed by atoms with Crippen molar-refractivity contribution in [2.75, 3.05) is 5.43 Å². The summed E-state index contributed by atoms with van der Waals surface area (Å²) in [5.41, 5.74) is 8.57. The largest absolute Gasteiger partial charge is 0.245 e. The van der Waals surface area contributed by atoms with Crippen LogP contribution in [0, 0.1) is 0 Å². The maximum atomic E-state index is 4.55. The van der Waals surface area contributed by atoms with Gasteiger partial charge in [0.15, 0.2) is 0 Å². The summed E-state index contributed by atoms with van der Waals surface area (Å²) in [6.45, 7) is 8.43. The molecule has 0 saturated heterocycles. The molecule has 1 aromatic carbocycles. The van der Waals surface area contributed by atoms with Gasteiger partial charge in [0.05, 0.1) is 5.71 Å². The van der Waals surface area contributed by atoms with Crippen LogP contribution in [0.5, 0.6) is 0 Å². The van der Waals surface area contributed by atoms with Crippen LogP contribution in [0.3, 0.4) is 0 Å². The quantitative estimate of drug-likeness (QED) is 0.609. The predicted octanol–water partition coefficient (Wildman–Crippen LogP) is 4.39. The molecule has 4 nitrogen and oxygen atoms in total. The minimum atomic E-state index is 0.584. The van der Waals surface area contributed by atoms with Crippen molar-refractivity contribution in [3.63, 3.8) is 0 Å². The molecule has 0 atom stereocenters. The molecule has 0 spiro atoms. The lowest BCUT2D eigenvalue weighted by atomic mass is 10.0.